The Hall–Kier alpha value is -2.24. The summed E-state index contributed by atoms with van der Waals surface area (Å²) < 4.78 is 13.4. The summed E-state index contributed by atoms with van der Waals surface area (Å²) in [4.78, 5) is 22.1. The molecule has 2 rings (SSSR count). The summed E-state index contributed by atoms with van der Waals surface area (Å²) in [6.07, 6.45) is 2.55. The lowest BCUT2D eigenvalue weighted by atomic mass is 10.1. The summed E-state index contributed by atoms with van der Waals surface area (Å²) in [5.41, 5.74) is 0.337. The predicted molar refractivity (Wildman–Crippen MR) is 82.9 cm³/mol. The quantitative estimate of drug-likeness (QED) is 0.260. The van der Waals surface area contributed by atoms with Gasteiger partial charge in [-0.2, -0.15) is 0 Å². The van der Waals surface area contributed by atoms with Crippen LogP contribution in [0.15, 0.2) is 42.5 Å². The third-order valence-electron chi connectivity index (χ3n) is 2.78. The monoisotopic (exact) mass is 339 g/mol. The van der Waals surface area contributed by atoms with Crippen molar-refractivity contribution in [1.29, 1.82) is 0 Å². The van der Waals surface area contributed by atoms with Gasteiger partial charge in [-0.05, 0) is 23.8 Å². The molecule has 0 aliphatic heterocycles. The molecule has 112 valence electrons. The van der Waals surface area contributed by atoms with E-state index in [1.807, 2.05) is 0 Å². The van der Waals surface area contributed by atoms with Gasteiger partial charge in [-0.25, -0.2) is 4.39 Å². The lowest BCUT2D eigenvalue weighted by Crippen LogP contribution is -1.97. The zero-order chi connectivity index (χ0) is 16.3. The highest BCUT2D eigenvalue weighted by Crippen LogP contribution is 2.25. The average Bonchev–Trinajstić information content (AvgIpc) is 2.48. The third-order valence-corrected chi connectivity index (χ3v) is 3.39. The fourth-order valence-corrected chi connectivity index (χ4v) is 2.19. The van der Waals surface area contributed by atoms with E-state index < -0.39 is 16.5 Å². The summed E-state index contributed by atoms with van der Waals surface area (Å²) in [6, 6.07) is 7.84. The Morgan fingerprint density at radius 1 is 1.18 bits per heavy atom. The van der Waals surface area contributed by atoms with Crippen LogP contribution in [-0.2, 0) is 0 Å². The Morgan fingerprint density at radius 2 is 1.91 bits per heavy atom. The van der Waals surface area contributed by atoms with Crippen LogP contribution in [0.25, 0.3) is 6.08 Å². The molecule has 0 aromatic heterocycles. The van der Waals surface area contributed by atoms with Gasteiger partial charge in [0.2, 0.25) is 0 Å². The Bertz CT molecular complexity index is 790. The van der Waals surface area contributed by atoms with Crippen LogP contribution in [0, 0.1) is 15.9 Å². The molecule has 2 aromatic rings. The maximum Gasteiger partial charge on any atom is 0.270 e. The van der Waals surface area contributed by atoms with Gasteiger partial charge in [0, 0.05) is 17.7 Å². The van der Waals surface area contributed by atoms with E-state index in [0.29, 0.717) is 5.56 Å². The molecule has 0 amide bonds. The maximum absolute atomic E-state index is 13.4. The van der Waals surface area contributed by atoms with Gasteiger partial charge in [0.25, 0.3) is 5.69 Å². The first-order valence-corrected chi connectivity index (χ1v) is 6.75. The van der Waals surface area contributed by atoms with Crippen LogP contribution in [-0.4, -0.2) is 10.7 Å². The van der Waals surface area contributed by atoms with Gasteiger partial charge in [-0.3, -0.25) is 14.9 Å². The van der Waals surface area contributed by atoms with Gasteiger partial charge < -0.3 is 0 Å². The van der Waals surface area contributed by atoms with Crippen molar-refractivity contribution >= 4 is 40.7 Å². The lowest BCUT2D eigenvalue weighted by Gasteiger charge is -2.02. The van der Waals surface area contributed by atoms with Gasteiger partial charge in [-0.15, -0.1) is 0 Å². The number of ketones is 1. The van der Waals surface area contributed by atoms with Crippen LogP contribution in [0.4, 0.5) is 10.1 Å². The fraction of sp³-hybridized carbons (Fsp3) is 0. The predicted octanol–water partition coefficient (Wildman–Crippen LogP) is 4.94. The Morgan fingerprint density at radius 3 is 2.59 bits per heavy atom. The normalized spacial score (nSPS) is 10.9. The zero-order valence-corrected chi connectivity index (χ0v) is 12.4. The summed E-state index contributed by atoms with van der Waals surface area (Å²) in [7, 11) is 0. The number of hydrogen-bond donors (Lipinski definition) is 0. The Labute approximate surface area is 134 Å². The first kappa shape index (κ1) is 16.1. The maximum atomic E-state index is 13.4. The van der Waals surface area contributed by atoms with Gasteiger partial charge in [-0.1, -0.05) is 41.4 Å². The minimum absolute atomic E-state index is 0.0279. The lowest BCUT2D eigenvalue weighted by molar-refractivity contribution is -0.384. The molecule has 0 radical (unpaired) electrons. The average molecular weight is 340 g/mol. The number of halogens is 3. The van der Waals surface area contributed by atoms with E-state index in [1.165, 1.54) is 24.3 Å². The molecule has 0 unspecified atom stereocenters. The molecule has 0 fully saturated rings. The highest BCUT2D eigenvalue weighted by atomic mass is 35.5. The minimum Gasteiger partial charge on any atom is -0.289 e. The molecular formula is C15H8Cl2FNO3. The highest BCUT2D eigenvalue weighted by Gasteiger charge is 2.12. The summed E-state index contributed by atoms with van der Waals surface area (Å²) in [6.45, 7) is 0. The largest absolute Gasteiger partial charge is 0.289 e. The standard InChI is InChI=1S/C15H8Cl2FNO3/c16-12-8-13(17)14(18)7-11(12)15(20)5-4-9-2-1-3-10(6-9)19(21)22/h1-8H/b5-4+. The highest BCUT2D eigenvalue weighted by molar-refractivity contribution is 6.37. The second-order valence-corrected chi connectivity index (χ2v) is 5.11. The van der Waals surface area contributed by atoms with Crippen molar-refractivity contribution in [3.05, 3.63) is 79.6 Å². The molecule has 0 atom stereocenters. The number of nitrogens with zero attached hydrogens (tertiary/aromatic N) is 1. The number of benzene rings is 2. The number of rotatable bonds is 4. The van der Waals surface area contributed by atoms with Crippen LogP contribution in [0.1, 0.15) is 15.9 Å². The van der Waals surface area contributed by atoms with E-state index in [9.17, 15) is 19.3 Å². The van der Waals surface area contributed by atoms with Crippen molar-refractivity contribution < 1.29 is 14.1 Å². The number of non-ortho nitro benzene ring substituents is 1. The van der Waals surface area contributed by atoms with Crippen LogP contribution < -0.4 is 0 Å². The minimum atomic E-state index is -0.752. The van der Waals surface area contributed by atoms with E-state index in [0.717, 1.165) is 18.2 Å². The molecule has 0 heterocycles. The second-order valence-electron chi connectivity index (χ2n) is 4.30. The third kappa shape index (κ3) is 3.69. The van der Waals surface area contributed by atoms with Crippen molar-refractivity contribution in [2.45, 2.75) is 0 Å². The molecule has 4 nitrogen and oxygen atoms in total. The van der Waals surface area contributed by atoms with E-state index >= 15 is 0 Å². The van der Waals surface area contributed by atoms with Crippen molar-refractivity contribution in [3.63, 3.8) is 0 Å². The number of allylic oxidation sites excluding steroid dienone is 1. The molecule has 2 aromatic carbocycles. The molecule has 0 spiro atoms. The van der Waals surface area contributed by atoms with Crippen molar-refractivity contribution in [3.8, 4) is 0 Å². The number of carbonyl (C=O) groups is 1. The van der Waals surface area contributed by atoms with E-state index in [2.05, 4.69) is 0 Å². The molecule has 0 aliphatic carbocycles. The summed E-state index contributed by atoms with van der Waals surface area (Å²) >= 11 is 11.4. The van der Waals surface area contributed by atoms with Crippen molar-refractivity contribution in [1.82, 2.24) is 0 Å². The molecule has 0 N–H and O–H groups in total. The van der Waals surface area contributed by atoms with Gasteiger partial charge in [0.1, 0.15) is 5.82 Å². The second kappa shape index (κ2) is 6.68. The first-order valence-electron chi connectivity index (χ1n) is 6.00. The van der Waals surface area contributed by atoms with Crippen molar-refractivity contribution in [2.75, 3.05) is 0 Å². The number of nitro benzene ring substituents is 1. The molecule has 22 heavy (non-hydrogen) atoms. The Kier molecular flexibility index (Phi) is 4.90. The molecule has 0 saturated heterocycles. The van der Waals surface area contributed by atoms with Crippen LogP contribution in [0.5, 0.6) is 0 Å². The summed E-state index contributed by atoms with van der Waals surface area (Å²) in [5.74, 6) is -1.29. The van der Waals surface area contributed by atoms with E-state index in [4.69, 9.17) is 23.2 Å². The van der Waals surface area contributed by atoms with E-state index in [-0.39, 0.29) is 21.3 Å². The molecular weight excluding hydrogens is 332 g/mol. The number of hydrogen-bond acceptors (Lipinski definition) is 3. The molecule has 0 bridgehead atoms. The van der Waals surface area contributed by atoms with Crippen LogP contribution in [0.3, 0.4) is 0 Å². The van der Waals surface area contributed by atoms with Gasteiger partial charge in [0.05, 0.1) is 15.0 Å². The molecule has 0 aliphatic rings. The zero-order valence-electron chi connectivity index (χ0n) is 10.9. The van der Waals surface area contributed by atoms with Crippen molar-refractivity contribution in [2.24, 2.45) is 0 Å². The van der Waals surface area contributed by atoms with Gasteiger partial charge >= 0.3 is 0 Å². The SMILES string of the molecule is O=C(/C=C/c1cccc([N+](=O)[O-])c1)c1cc(F)c(Cl)cc1Cl. The molecule has 0 saturated carbocycles. The van der Waals surface area contributed by atoms with Crippen LogP contribution in [0.2, 0.25) is 10.0 Å². The van der Waals surface area contributed by atoms with Gasteiger partial charge in [0.15, 0.2) is 5.78 Å². The molecule has 7 heteroatoms. The van der Waals surface area contributed by atoms with Crippen LogP contribution >= 0.6 is 23.2 Å². The smallest absolute Gasteiger partial charge is 0.270 e. The number of nitro groups is 1. The number of carbonyl (C=O) groups excluding carboxylic acids is 1. The fourth-order valence-electron chi connectivity index (χ4n) is 1.72. The Balaban J connectivity index is 2.27. The first-order chi connectivity index (χ1) is 10.4. The summed E-state index contributed by atoms with van der Waals surface area (Å²) in [5, 5.41) is 10.5. The van der Waals surface area contributed by atoms with E-state index in [1.54, 1.807) is 6.07 Å². The topological polar surface area (TPSA) is 60.2 Å².